The van der Waals surface area contributed by atoms with Crippen LogP contribution >= 0.6 is 0 Å². The van der Waals surface area contributed by atoms with E-state index in [0.29, 0.717) is 29.1 Å². The fourth-order valence-electron chi connectivity index (χ4n) is 3.79. The minimum Gasteiger partial charge on any atom is -0.353 e. The first kappa shape index (κ1) is 26.8. The Morgan fingerprint density at radius 2 is 1.76 bits per heavy atom. The van der Waals surface area contributed by atoms with Crippen LogP contribution in [-0.2, 0) is 4.79 Å². The number of aryl methyl sites for hydroxylation is 1. The van der Waals surface area contributed by atoms with Gasteiger partial charge < -0.3 is 9.80 Å². The number of hydrogen-bond donors (Lipinski definition) is 0. The van der Waals surface area contributed by atoms with Crippen molar-refractivity contribution >= 4 is 17.2 Å². The zero-order valence-corrected chi connectivity index (χ0v) is 21.5. The molecular weight excluding hydrogens is 426 g/mol. The summed E-state index contributed by atoms with van der Waals surface area (Å²) in [7, 11) is 0. The van der Waals surface area contributed by atoms with Crippen LogP contribution in [0.1, 0.15) is 59.2 Å². The number of nitriles is 1. The van der Waals surface area contributed by atoms with Crippen LogP contribution in [0.15, 0.2) is 30.7 Å². The number of amides is 1. The number of nitrogens with zero attached hydrogens (tertiary/aromatic N) is 7. The third-order valence-corrected chi connectivity index (χ3v) is 5.30. The molecular formula is C26H37N7O. The number of hydrogen-bond acceptors (Lipinski definition) is 6. The maximum absolute atomic E-state index is 12.3. The maximum atomic E-state index is 12.3. The van der Waals surface area contributed by atoms with E-state index in [0.717, 1.165) is 43.3 Å². The number of aromatic nitrogens is 4. The van der Waals surface area contributed by atoms with Crippen LogP contribution < -0.4 is 4.90 Å². The molecule has 0 radical (unpaired) electrons. The minimum atomic E-state index is 0.233. The van der Waals surface area contributed by atoms with Crippen molar-refractivity contribution in [1.29, 1.82) is 5.26 Å². The van der Waals surface area contributed by atoms with Gasteiger partial charge in [-0.2, -0.15) is 10.4 Å². The van der Waals surface area contributed by atoms with Crippen molar-refractivity contribution in [3.05, 3.63) is 42.0 Å². The average Bonchev–Trinajstić information content (AvgIpc) is 3.28. The fraction of sp³-hybridized carbons (Fsp3) is 0.500. The summed E-state index contributed by atoms with van der Waals surface area (Å²) in [5.41, 5.74) is 3.54. The lowest BCUT2D eigenvalue weighted by atomic mass is 10.1. The molecule has 8 heteroatoms. The van der Waals surface area contributed by atoms with Crippen molar-refractivity contribution < 1.29 is 4.79 Å². The van der Waals surface area contributed by atoms with E-state index in [2.05, 4.69) is 39.9 Å². The predicted octanol–water partition coefficient (Wildman–Crippen LogP) is 4.72. The largest absolute Gasteiger partial charge is 0.353 e. The van der Waals surface area contributed by atoms with Gasteiger partial charge >= 0.3 is 0 Å². The normalized spacial score (nSPS) is 13.0. The van der Waals surface area contributed by atoms with Gasteiger partial charge in [-0.25, -0.2) is 14.5 Å². The summed E-state index contributed by atoms with van der Waals surface area (Å²) in [6, 6.07) is 6.14. The van der Waals surface area contributed by atoms with E-state index >= 15 is 0 Å². The molecule has 0 unspecified atom stereocenters. The Morgan fingerprint density at radius 1 is 1.09 bits per heavy atom. The topological polar surface area (TPSA) is 90.4 Å². The van der Waals surface area contributed by atoms with Gasteiger partial charge in [0, 0.05) is 44.4 Å². The molecule has 0 spiro atoms. The first-order valence-corrected chi connectivity index (χ1v) is 12.2. The maximum Gasteiger partial charge on any atom is 0.222 e. The molecule has 1 aliphatic rings. The van der Waals surface area contributed by atoms with Crippen LogP contribution in [0.3, 0.4) is 0 Å². The van der Waals surface area contributed by atoms with Gasteiger partial charge in [0.15, 0.2) is 0 Å². The minimum absolute atomic E-state index is 0.233. The molecule has 0 aromatic carbocycles. The molecule has 3 aromatic heterocycles. The van der Waals surface area contributed by atoms with Gasteiger partial charge in [-0.1, -0.05) is 41.5 Å². The second-order valence-corrected chi connectivity index (χ2v) is 8.06. The average molecular weight is 464 g/mol. The smallest absolute Gasteiger partial charge is 0.222 e. The van der Waals surface area contributed by atoms with Crippen LogP contribution in [0.2, 0.25) is 0 Å². The molecule has 1 saturated heterocycles. The highest BCUT2D eigenvalue weighted by Gasteiger charge is 2.22. The third kappa shape index (κ3) is 6.10. The lowest BCUT2D eigenvalue weighted by Gasteiger charge is -2.35. The van der Waals surface area contributed by atoms with Gasteiger partial charge in [0.2, 0.25) is 5.91 Å². The summed E-state index contributed by atoms with van der Waals surface area (Å²) in [6.07, 6.45) is 5.76. The van der Waals surface area contributed by atoms with E-state index in [9.17, 15) is 10.1 Å². The number of pyridine rings is 1. The van der Waals surface area contributed by atoms with Crippen molar-refractivity contribution in [2.24, 2.45) is 5.92 Å². The second kappa shape index (κ2) is 12.7. The molecule has 4 rings (SSSR count). The summed E-state index contributed by atoms with van der Waals surface area (Å²) in [6.45, 7) is 17.0. The van der Waals surface area contributed by atoms with Crippen LogP contribution in [0.25, 0.3) is 16.8 Å². The molecule has 0 N–H and O–H groups in total. The Bertz CT molecular complexity index is 1100. The van der Waals surface area contributed by atoms with E-state index in [1.807, 2.05) is 57.8 Å². The lowest BCUT2D eigenvalue weighted by molar-refractivity contribution is -0.132. The highest BCUT2D eigenvalue weighted by molar-refractivity contribution is 5.81. The summed E-state index contributed by atoms with van der Waals surface area (Å²) >= 11 is 0. The summed E-state index contributed by atoms with van der Waals surface area (Å²) in [5, 5.41) is 13.7. The van der Waals surface area contributed by atoms with Crippen molar-refractivity contribution in [2.75, 3.05) is 31.1 Å². The number of piperazine rings is 1. The zero-order valence-electron chi connectivity index (χ0n) is 21.5. The molecule has 1 aliphatic heterocycles. The van der Waals surface area contributed by atoms with Gasteiger partial charge in [-0.15, -0.1) is 0 Å². The summed E-state index contributed by atoms with van der Waals surface area (Å²) in [5.74, 6) is 1.49. The van der Waals surface area contributed by atoms with Crippen LogP contribution in [0.4, 0.5) is 5.82 Å². The molecule has 0 bridgehead atoms. The molecule has 1 fully saturated rings. The number of anilines is 1. The molecule has 0 aliphatic carbocycles. The van der Waals surface area contributed by atoms with E-state index in [4.69, 9.17) is 0 Å². The van der Waals surface area contributed by atoms with Crippen LogP contribution in [-0.4, -0.2) is 56.6 Å². The molecule has 182 valence electrons. The quantitative estimate of drug-likeness (QED) is 0.556. The number of rotatable bonds is 4. The van der Waals surface area contributed by atoms with Gasteiger partial charge in [0.25, 0.3) is 0 Å². The Hall–Kier alpha value is -3.47. The standard InChI is InChI=1S/C22H25N7O.2C2H6/c1-15(2)10-20(30)28-8-6-27(7-9-28)19-5-4-17(12-24-19)21-22-18(11-23)13-25-29(22)14-16(3)26-21;2*1-2/h4-5,12-15H,6-10H2,1-3H3;2*1-2H3. The van der Waals surface area contributed by atoms with Crippen molar-refractivity contribution in [3.63, 3.8) is 0 Å². The highest BCUT2D eigenvalue weighted by atomic mass is 16.2. The number of fused-ring (bicyclic) bond motifs is 1. The predicted molar refractivity (Wildman–Crippen MR) is 137 cm³/mol. The zero-order chi connectivity index (χ0) is 25.3. The molecule has 0 atom stereocenters. The molecule has 4 heterocycles. The first-order valence-electron chi connectivity index (χ1n) is 12.2. The monoisotopic (exact) mass is 463 g/mol. The molecule has 1 amide bonds. The van der Waals surface area contributed by atoms with Gasteiger partial charge in [0.05, 0.1) is 23.8 Å². The SMILES string of the molecule is CC.CC.Cc1cn2ncc(C#N)c2c(-c2ccc(N3CCN(C(=O)CC(C)C)CC3)nc2)n1. The fourth-order valence-corrected chi connectivity index (χ4v) is 3.79. The summed E-state index contributed by atoms with van der Waals surface area (Å²) in [4.78, 5) is 25.7. The Labute approximate surface area is 203 Å². The van der Waals surface area contributed by atoms with Gasteiger partial charge in [-0.05, 0) is 25.0 Å². The number of carbonyl (C=O) groups excluding carboxylic acids is 1. The Morgan fingerprint density at radius 3 is 2.32 bits per heavy atom. The molecule has 8 nitrogen and oxygen atoms in total. The van der Waals surface area contributed by atoms with E-state index in [1.165, 1.54) is 0 Å². The summed E-state index contributed by atoms with van der Waals surface area (Å²) < 4.78 is 1.69. The van der Waals surface area contributed by atoms with E-state index in [1.54, 1.807) is 16.9 Å². The lowest BCUT2D eigenvalue weighted by Crippen LogP contribution is -2.49. The van der Waals surface area contributed by atoms with Crippen LogP contribution in [0.5, 0.6) is 0 Å². The second-order valence-electron chi connectivity index (χ2n) is 8.06. The first-order chi connectivity index (χ1) is 16.5. The van der Waals surface area contributed by atoms with Crippen molar-refractivity contribution in [1.82, 2.24) is 24.5 Å². The van der Waals surface area contributed by atoms with E-state index < -0.39 is 0 Å². The van der Waals surface area contributed by atoms with Crippen molar-refractivity contribution in [3.8, 4) is 17.3 Å². The highest BCUT2D eigenvalue weighted by Crippen LogP contribution is 2.26. The van der Waals surface area contributed by atoms with Crippen LogP contribution in [0, 0.1) is 24.2 Å². The Balaban J connectivity index is 0.000000970. The van der Waals surface area contributed by atoms with Crippen molar-refractivity contribution in [2.45, 2.75) is 54.9 Å². The third-order valence-electron chi connectivity index (χ3n) is 5.30. The molecule has 3 aromatic rings. The number of carbonyl (C=O) groups is 1. The van der Waals surface area contributed by atoms with Gasteiger partial charge in [-0.3, -0.25) is 4.79 Å². The Kier molecular flexibility index (Phi) is 9.99. The van der Waals surface area contributed by atoms with Gasteiger partial charge in [0.1, 0.15) is 23.0 Å². The van der Waals surface area contributed by atoms with E-state index in [-0.39, 0.29) is 5.91 Å². The molecule has 0 saturated carbocycles. The molecule has 34 heavy (non-hydrogen) atoms.